The highest BCUT2D eigenvalue weighted by Crippen LogP contribution is 2.27. The predicted molar refractivity (Wildman–Crippen MR) is 65.6 cm³/mol. The van der Waals surface area contributed by atoms with Crippen LogP contribution in [0.1, 0.15) is 13.8 Å². The van der Waals surface area contributed by atoms with E-state index in [1.807, 2.05) is 44.2 Å². The summed E-state index contributed by atoms with van der Waals surface area (Å²) in [7, 11) is 0. The summed E-state index contributed by atoms with van der Waals surface area (Å²) in [6.45, 7) is 10.7. The third-order valence-corrected chi connectivity index (χ3v) is 3.68. The molecule has 0 radical (unpaired) electrons. The zero-order chi connectivity index (χ0) is 10.6. The van der Waals surface area contributed by atoms with Gasteiger partial charge in [-0.3, -0.25) is 0 Å². The van der Waals surface area contributed by atoms with E-state index in [9.17, 15) is 0 Å². The van der Waals surface area contributed by atoms with Crippen molar-refractivity contribution in [3.8, 4) is 0 Å². The van der Waals surface area contributed by atoms with Crippen molar-refractivity contribution < 1.29 is 0 Å². The van der Waals surface area contributed by atoms with Gasteiger partial charge >= 0.3 is 0 Å². The predicted octanol–water partition coefficient (Wildman–Crippen LogP) is 3.80. The number of hydrogen-bond donors (Lipinski definition) is 0. The summed E-state index contributed by atoms with van der Waals surface area (Å²) in [5.41, 5.74) is -0.560. The summed E-state index contributed by atoms with van der Waals surface area (Å²) >= 11 is 6.71. The summed E-state index contributed by atoms with van der Waals surface area (Å²) in [5.74, 6) is 0. The van der Waals surface area contributed by atoms with E-state index in [0.29, 0.717) is 0 Å². The lowest BCUT2D eigenvalue weighted by Gasteiger charge is -2.11. The molecule has 1 nitrogen and oxygen atoms in total. The zero-order valence-electron chi connectivity index (χ0n) is 8.15. The lowest BCUT2D eigenvalue weighted by atomic mass is 10.1. The molecule has 0 aliphatic carbocycles. The van der Waals surface area contributed by atoms with E-state index in [0.717, 1.165) is 9.09 Å². The van der Waals surface area contributed by atoms with Crippen LogP contribution < -0.4 is 0 Å². The van der Waals surface area contributed by atoms with Gasteiger partial charge in [-0.2, -0.15) is 0 Å². The van der Waals surface area contributed by atoms with Crippen molar-refractivity contribution in [3.05, 3.63) is 41.7 Å². The Hall–Kier alpha value is -0.850. The molecule has 0 amide bonds. The highest BCUT2D eigenvalue weighted by molar-refractivity contribution is 8.23. The van der Waals surface area contributed by atoms with E-state index in [1.165, 1.54) is 11.8 Å². The average Bonchev–Trinajstić information content (AvgIpc) is 2.19. The maximum absolute atomic E-state index is 7.03. The van der Waals surface area contributed by atoms with Gasteiger partial charge in [0.2, 0.25) is 0 Å². The minimum Gasteiger partial charge on any atom is -0.304 e. The minimum absolute atomic E-state index is 0.560. The molecule has 0 aliphatic heterocycles. The monoisotopic (exact) mass is 221 g/mol. The van der Waals surface area contributed by atoms with Crippen LogP contribution >= 0.6 is 24.0 Å². The third kappa shape index (κ3) is 2.83. The number of thiocarbonyl (C=S) groups is 1. The van der Waals surface area contributed by atoms with Gasteiger partial charge in [-0.05, 0) is 12.1 Å². The first kappa shape index (κ1) is 11.2. The largest absolute Gasteiger partial charge is 0.304 e. The van der Waals surface area contributed by atoms with E-state index >= 15 is 0 Å². The van der Waals surface area contributed by atoms with Crippen molar-refractivity contribution in [1.29, 1.82) is 0 Å². The van der Waals surface area contributed by atoms with Gasteiger partial charge < -0.3 is 4.85 Å². The SMILES string of the molecule is [C-]#[N+]C(C)(C)C(=S)Sc1ccccc1. The van der Waals surface area contributed by atoms with Crippen LogP contribution in [0.25, 0.3) is 4.85 Å². The molecule has 72 valence electrons. The van der Waals surface area contributed by atoms with Crippen LogP contribution in [0.15, 0.2) is 35.2 Å². The fourth-order valence-electron chi connectivity index (χ4n) is 0.766. The molecule has 0 aliphatic rings. The summed E-state index contributed by atoms with van der Waals surface area (Å²) in [6, 6.07) is 9.90. The Bertz CT molecular complexity index is 363. The third-order valence-electron chi connectivity index (χ3n) is 1.73. The lowest BCUT2D eigenvalue weighted by Crippen LogP contribution is -2.22. The Morgan fingerprint density at radius 3 is 2.43 bits per heavy atom. The fraction of sp³-hybridized carbons (Fsp3) is 0.273. The summed E-state index contributed by atoms with van der Waals surface area (Å²) in [6.07, 6.45) is 0. The Balaban J connectivity index is 2.73. The zero-order valence-corrected chi connectivity index (χ0v) is 9.78. The molecule has 0 unspecified atom stereocenters. The normalized spacial score (nSPS) is 10.6. The fourth-order valence-corrected chi connectivity index (χ4v) is 1.90. The maximum atomic E-state index is 7.03. The number of rotatable bonds is 2. The van der Waals surface area contributed by atoms with E-state index in [2.05, 4.69) is 4.85 Å². The van der Waals surface area contributed by atoms with Crippen LogP contribution in [-0.2, 0) is 0 Å². The van der Waals surface area contributed by atoms with Crippen molar-refractivity contribution >= 4 is 28.2 Å². The van der Waals surface area contributed by atoms with Crippen LogP contribution in [0.3, 0.4) is 0 Å². The molecule has 0 saturated carbocycles. The number of thioether (sulfide) groups is 1. The number of benzene rings is 1. The molecule has 0 heterocycles. The van der Waals surface area contributed by atoms with Crippen LogP contribution in [0.4, 0.5) is 0 Å². The molecule has 0 atom stereocenters. The number of nitrogens with zero attached hydrogens (tertiary/aromatic N) is 1. The summed E-state index contributed by atoms with van der Waals surface area (Å²) < 4.78 is 0.721. The number of hydrogen-bond acceptors (Lipinski definition) is 2. The topological polar surface area (TPSA) is 4.36 Å². The maximum Gasteiger partial charge on any atom is 0.267 e. The molecule has 0 spiro atoms. The van der Waals surface area contributed by atoms with Crippen molar-refractivity contribution in [2.24, 2.45) is 0 Å². The van der Waals surface area contributed by atoms with Crippen molar-refractivity contribution in [3.63, 3.8) is 0 Å². The van der Waals surface area contributed by atoms with Crippen molar-refractivity contribution in [2.45, 2.75) is 24.3 Å². The molecule has 0 aromatic heterocycles. The molecule has 0 bridgehead atoms. The molecule has 0 N–H and O–H groups in total. The Kier molecular flexibility index (Phi) is 3.68. The smallest absolute Gasteiger partial charge is 0.267 e. The van der Waals surface area contributed by atoms with Crippen molar-refractivity contribution in [2.75, 3.05) is 0 Å². The van der Waals surface area contributed by atoms with Gasteiger partial charge in [-0.15, -0.1) is 0 Å². The first-order chi connectivity index (χ1) is 6.56. The van der Waals surface area contributed by atoms with Gasteiger partial charge in [0, 0.05) is 18.7 Å². The van der Waals surface area contributed by atoms with Gasteiger partial charge in [-0.25, -0.2) is 6.57 Å². The summed E-state index contributed by atoms with van der Waals surface area (Å²) in [4.78, 5) is 4.60. The Morgan fingerprint density at radius 1 is 1.36 bits per heavy atom. The van der Waals surface area contributed by atoms with Gasteiger partial charge in [0.15, 0.2) is 0 Å². The molecular weight excluding hydrogens is 210 g/mol. The van der Waals surface area contributed by atoms with Gasteiger partial charge in [0.05, 0.1) is 0 Å². The average molecular weight is 221 g/mol. The molecule has 1 aromatic rings. The first-order valence-corrected chi connectivity index (χ1v) is 5.45. The molecule has 14 heavy (non-hydrogen) atoms. The van der Waals surface area contributed by atoms with Gasteiger partial charge in [0.1, 0.15) is 4.20 Å². The molecular formula is C11H11NS2. The quantitative estimate of drug-likeness (QED) is 0.425. The highest BCUT2D eigenvalue weighted by atomic mass is 32.2. The molecule has 0 saturated heterocycles. The minimum atomic E-state index is -0.560. The van der Waals surface area contributed by atoms with E-state index in [1.54, 1.807) is 0 Å². The molecule has 1 rings (SSSR count). The van der Waals surface area contributed by atoms with Crippen LogP contribution in [0.5, 0.6) is 0 Å². The first-order valence-electron chi connectivity index (χ1n) is 4.22. The second-order valence-electron chi connectivity index (χ2n) is 3.37. The lowest BCUT2D eigenvalue weighted by molar-refractivity contribution is 0.848. The molecule has 3 heteroatoms. The van der Waals surface area contributed by atoms with Crippen LogP contribution in [-0.4, -0.2) is 9.74 Å². The van der Waals surface area contributed by atoms with Crippen molar-refractivity contribution in [1.82, 2.24) is 0 Å². The Labute approximate surface area is 94.3 Å². The molecule has 0 fully saturated rings. The van der Waals surface area contributed by atoms with E-state index < -0.39 is 5.54 Å². The van der Waals surface area contributed by atoms with Gasteiger partial charge in [-0.1, -0.05) is 42.2 Å². The standard InChI is InChI=1S/C11H11NS2/c1-11(2,12-3)10(13)14-9-7-5-4-6-8-9/h4-8H,1-2H3. The van der Waals surface area contributed by atoms with Gasteiger partial charge in [0.25, 0.3) is 5.54 Å². The summed E-state index contributed by atoms with van der Waals surface area (Å²) in [5, 5.41) is 0. The van der Waals surface area contributed by atoms with E-state index in [-0.39, 0.29) is 0 Å². The van der Waals surface area contributed by atoms with E-state index in [4.69, 9.17) is 18.8 Å². The van der Waals surface area contributed by atoms with Crippen LogP contribution in [0, 0.1) is 6.57 Å². The van der Waals surface area contributed by atoms with Crippen LogP contribution in [0.2, 0.25) is 0 Å². The second-order valence-corrected chi connectivity index (χ2v) is 5.12. The second kappa shape index (κ2) is 4.59. The Morgan fingerprint density at radius 2 is 1.93 bits per heavy atom. The highest BCUT2D eigenvalue weighted by Gasteiger charge is 2.29. The molecule has 1 aromatic carbocycles.